The van der Waals surface area contributed by atoms with Gasteiger partial charge in [0.05, 0.1) is 18.7 Å². The maximum atomic E-state index is 12.1. The lowest BCUT2D eigenvalue weighted by molar-refractivity contribution is -0.139. The smallest absolute Gasteiger partial charge is 0.337 e. The number of nitriles is 1. The van der Waals surface area contributed by atoms with Crippen LogP contribution in [0.4, 0.5) is 0 Å². The first-order chi connectivity index (χ1) is 11.0. The van der Waals surface area contributed by atoms with Gasteiger partial charge in [0.1, 0.15) is 6.04 Å². The molecule has 2 N–H and O–H groups in total. The highest BCUT2D eigenvalue weighted by Gasteiger charge is 2.20. The third-order valence-corrected chi connectivity index (χ3v) is 3.18. The van der Waals surface area contributed by atoms with Crippen LogP contribution in [0.5, 0.6) is 0 Å². The van der Waals surface area contributed by atoms with Crippen LogP contribution < -0.4 is 5.32 Å². The van der Waals surface area contributed by atoms with Crippen LogP contribution in [0.15, 0.2) is 24.3 Å². The number of carboxylic acid groups (broad SMARTS) is 1. The van der Waals surface area contributed by atoms with Crippen molar-refractivity contribution in [2.45, 2.75) is 31.7 Å². The molecule has 0 spiro atoms. The summed E-state index contributed by atoms with van der Waals surface area (Å²) in [6.45, 7) is 0. The molecule has 0 aliphatic heterocycles. The fourth-order valence-corrected chi connectivity index (χ4v) is 1.96. The van der Waals surface area contributed by atoms with Crippen LogP contribution in [0.2, 0.25) is 0 Å². The molecule has 1 aromatic carbocycles. The number of ether oxygens (including phenoxy) is 1. The third-order valence-electron chi connectivity index (χ3n) is 3.18. The van der Waals surface area contributed by atoms with Gasteiger partial charge in [-0.3, -0.25) is 4.79 Å². The van der Waals surface area contributed by atoms with E-state index >= 15 is 0 Å². The summed E-state index contributed by atoms with van der Waals surface area (Å²) in [5.41, 5.74) is 0.386. The number of amides is 1. The van der Waals surface area contributed by atoms with Crippen LogP contribution in [0.25, 0.3) is 0 Å². The molecule has 23 heavy (non-hydrogen) atoms. The molecule has 122 valence electrons. The minimum atomic E-state index is -1.14. The second-order valence-electron chi connectivity index (χ2n) is 4.84. The van der Waals surface area contributed by atoms with Crippen molar-refractivity contribution in [3.63, 3.8) is 0 Å². The van der Waals surface area contributed by atoms with E-state index in [1.165, 1.54) is 31.4 Å². The van der Waals surface area contributed by atoms with Gasteiger partial charge in [0.15, 0.2) is 0 Å². The molecule has 0 aliphatic carbocycles. The first-order valence-corrected chi connectivity index (χ1v) is 7.08. The number of nitrogens with zero attached hydrogens (tertiary/aromatic N) is 1. The van der Waals surface area contributed by atoms with E-state index in [1.807, 2.05) is 6.07 Å². The number of esters is 1. The molecule has 1 rings (SSSR count). The molecule has 0 aromatic heterocycles. The molecule has 1 atom stereocenters. The van der Waals surface area contributed by atoms with Crippen molar-refractivity contribution in [3.8, 4) is 6.07 Å². The van der Waals surface area contributed by atoms with Crippen LogP contribution in [0, 0.1) is 11.3 Å². The van der Waals surface area contributed by atoms with Crippen molar-refractivity contribution in [1.82, 2.24) is 5.32 Å². The fraction of sp³-hybridized carbons (Fsp3) is 0.375. The fourth-order valence-electron chi connectivity index (χ4n) is 1.96. The maximum absolute atomic E-state index is 12.1. The van der Waals surface area contributed by atoms with Gasteiger partial charge >= 0.3 is 11.9 Å². The monoisotopic (exact) mass is 318 g/mol. The molecule has 1 aromatic rings. The number of aliphatic carboxylic acids is 1. The van der Waals surface area contributed by atoms with E-state index in [4.69, 9.17) is 10.4 Å². The van der Waals surface area contributed by atoms with Crippen molar-refractivity contribution in [2.24, 2.45) is 0 Å². The predicted octanol–water partition coefficient (Wildman–Crippen LogP) is 1.74. The minimum Gasteiger partial charge on any atom is -0.480 e. The summed E-state index contributed by atoms with van der Waals surface area (Å²) in [5, 5.41) is 20.0. The highest BCUT2D eigenvalue weighted by Crippen LogP contribution is 2.09. The Labute approximate surface area is 133 Å². The SMILES string of the molecule is COC(=O)c1cccc(C(=O)N[C@@H](CCCCC#N)C(=O)O)c1. The first kappa shape index (κ1) is 18.2. The van der Waals surface area contributed by atoms with Crippen LogP contribution in [-0.4, -0.2) is 36.1 Å². The zero-order valence-corrected chi connectivity index (χ0v) is 12.7. The molecule has 0 unspecified atom stereocenters. The van der Waals surface area contributed by atoms with Gasteiger partial charge in [0.2, 0.25) is 0 Å². The van der Waals surface area contributed by atoms with Crippen molar-refractivity contribution in [2.75, 3.05) is 7.11 Å². The molecule has 0 bridgehead atoms. The van der Waals surface area contributed by atoms with Crippen molar-refractivity contribution < 1.29 is 24.2 Å². The Balaban J connectivity index is 2.73. The summed E-state index contributed by atoms with van der Waals surface area (Å²) < 4.78 is 4.58. The number of hydrogen-bond donors (Lipinski definition) is 2. The Morgan fingerprint density at radius 1 is 1.30 bits per heavy atom. The van der Waals surface area contributed by atoms with Gasteiger partial charge in [0, 0.05) is 12.0 Å². The van der Waals surface area contributed by atoms with Gasteiger partial charge in [-0.05, 0) is 37.5 Å². The summed E-state index contributed by atoms with van der Waals surface area (Å²) in [7, 11) is 1.23. The molecule has 0 heterocycles. The molecule has 7 nitrogen and oxygen atoms in total. The Morgan fingerprint density at radius 2 is 2.00 bits per heavy atom. The van der Waals surface area contributed by atoms with E-state index in [9.17, 15) is 14.4 Å². The molecule has 7 heteroatoms. The van der Waals surface area contributed by atoms with Crippen LogP contribution in [0.1, 0.15) is 46.4 Å². The second-order valence-corrected chi connectivity index (χ2v) is 4.84. The predicted molar refractivity (Wildman–Crippen MR) is 80.8 cm³/mol. The molecular weight excluding hydrogens is 300 g/mol. The number of carbonyl (C=O) groups excluding carboxylic acids is 2. The zero-order valence-electron chi connectivity index (χ0n) is 12.7. The average Bonchev–Trinajstić information content (AvgIpc) is 2.56. The lowest BCUT2D eigenvalue weighted by Gasteiger charge is -2.14. The van der Waals surface area contributed by atoms with Crippen LogP contribution in [-0.2, 0) is 9.53 Å². The lowest BCUT2D eigenvalue weighted by atomic mass is 10.1. The van der Waals surface area contributed by atoms with Gasteiger partial charge in [-0.1, -0.05) is 6.07 Å². The standard InChI is InChI=1S/C16H18N2O5/c1-23-16(22)12-7-5-6-11(10-12)14(19)18-13(15(20)21)8-3-2-4-9-17/h5-7,10,13H,2-4,8H2,1H3,(H,18,19)(H,20,21)/t13-/m0/s1. The first-order valence-electron chi connectivity index (χ1n) is 7.08. The third kappa shape index (κ3) is 5.79. The Bertz CT molecular complexity index is 621. The highest BCUT2D eigenvalue weighted by atomic mass is 16.5. The summed E-state index contributed by atoms with van der Waals surface area (Å²) in [5.74, 6) is -2.30. The van der Waals surface area contributed by atoms with Crippen molar-refractivity contribution >= 4 is 17.8 Å². The minimum absolute atomic E-state index is 0.177. The lowest BCUT2D eigenvalue weighted by Crippen LogP contribution is -2.40. The number of hydrogen-bond acceptors (Lipinski definition) is 5. The number of rotatable bonds is 8. The van der Waals surface area contributed by atoms with Gasteiger partial charge < -0.3 is 15.2 Å². The van der Waals surface area contributed by atoms with Crippen molar-refractivity contribution in [1.29, 1.82) is 5.26 Å². The van der Waals surface area contributed by atoms with E-state index in [0.29, 0.717) is 19.3 Å². The summed E-state index contributed by atoms with van der Waals surface area (Å²) >= 11 is 0. The van der Waals surface area contributed by atoms with Crippen LogP contribution >= 0.6 is 0 Å². The number of benzene rings is 1. The molecule has 0 saturated carbocycles. The van der Waals surface area contributed by atoms with Gasteiger partial charge in [-0.2, -0.15) is 5.26 Å². The van der Waals surface area contributed by atoms with Gasteiger partial charge in [-0.15, -0.1) is 0 Å². The number of methoxy groups -OCH3 is 1. The quantitative estimate of drug-likeness (QED) is 0.557. The van der Waals surface area contributed by atoms with E-state index in [-0.39, 0.29) is 17.5 Å². The van der Waals surface area contributed by atoms with E-state index in [2.05, 4.69) is 10.1 Å². The highest BCUT2D eigenvalue weighted by molar-refractivity contribution is 5.99. The summed E-state index contributed by atoms with van der Waals surface area (Å²) in [6, 6.07) is 6.78. The number of nitrogens with one attached hydrogen (secondary N) is 1. The van der Waals surface area contributed by atoms with Crippen LogP contribution in [0.3, 0.4) is 0 Å². The van der Waals surface area contributed by atoms with Gasteiger partial charge in [0.25, 0.3) is 5.91 Å². The normalized spacial score (nSPS) is 11.1. The zero-order chi connectivity index (χ0) is 17.2. The molecular formula is C16H18N2O5. The average molecular weight is 318 g/mol. The van der Waals surface area contributed by atoms with Crippen molar-refractivity contribution in [3.05, 3.63) is 35.4 Å². The van der Waals surface area contributed by atoms with E-state index in [1.54, 1.807) is 0 Å². The van der Waals surface area contributed by atoms with E-state index < -0.39 is 23.9 Å². The van der Waals surface area contributed by atoms with Gasteiger partial charge in [-0.25, -0.2) is 9.59 Å². The number of unbranched alkanes of at least 4 members (excludes halogenated alkanes) is 2. The second kappa shape index (κ2) is 9.20. The molecule has 0 saturated heterocycles. The summed E-state index contributed by atoms with van der Waals surface area (Å²) in [4.78, 5) is 34.8. The summed E-state index contributed by atoms with van der Waals surface area (Å²) in [6.07, 6.45) is 1.68. The molecule has 1 amide bonds. The Morgan fingerprint density at radius 3 is 2.61 bits per heavy atom. The number of carboxylic acids is 1. The molecule has 0 fully saturated rings. The maximum Gasteiger partial charge on any atom is 0.337 e. The Hall–Kier alpha value is -2.88. The molecule has 0 aliphatic rings. The topological polar surface area (TPSA) is 116 Å². The Kier molecular flexibility index (Phi) is 7.27. The largest absolute Gasteiger partial charge is 0.480 e. The van der Waals surface area contributed by atoms with E-state index in [0.717, 1.165) is 0 Å². The molecule has 0 radical (unpaired) electrons. The number of carbonyl (C=O) groups is 3.